The first-order chi connectivity index (χ1) is 7.91. The van der Waals surface area contributed by atoms with Crippen LogP contribution in [0.1, 0.15) is 64.2 Å². The van der Waals surface area contributed by atoms with Crippen LogP contribution in [0.25, 0.3) is 0 Å². The quantitative estimate of drug-likeness (QED) is 0.268. The molecule has 0 aromatic carbocycles. The molecule has 0 rings (SSSR count). The number of rotatable bonds is 11. The van der Waals surface area contributed by atoms with Crippen molar-refractivity contribution in [2.75, 3.05) is 0 Å². The van der Waals surface area contributed by atoms with Crippen molar-refractivity contribution in [1.82, 2.24) is 0 Å². The van der Waals surface area contributed by atoms with Gasteiger partial charge in [0.15, 0.2) is 0 Å². The molecule has 0 fully saturated rings. The number of nitrogens with zero attached hydrogens (tertiary/aromatic N) is 1. The van der Waals surface area contributed by atoms with Gasteiger partial charge in [0.05, 0.1) is 6.07 Å². The Morgan fingerprint density at radius 3 is 1.81 bits per heavy atom. The first-order valence-electron chi connectivity index (χ1n) is 6.57. The molecule has 0 aromatic heterocycles. The van der Waals surface area contributed by atoms with Crippen LogP contribution in [0.15, 0.2) is 24.8 Å². The molecular formula is C15H25N. The maximum atomic E-state index is 8.28. The Labute approximate surface area is 101 Å². The first kappa shape index (κ1) is 15.0. The lowest BCUT2D eigenvalue weighted by molar-refractivity contribution is 0.571. The van der Waals surface area contributed by atoms with Gasteiger partial charge >= 0.3 is 0 Å². The van der Waals surface area contributed by atoms with E-state index in [1.54, 1.807) is 6.08 Å². The van der Waals surface area contributed by atoms with Gasteiger partial charge in [0.1, 0.15) is 0 Å². The minimum atomic E-state index is 1.06. The van der Waals surface area contributed by atoms with E-state index in [0.29, 0.717) is 0 Å². The third-order valence-corrected chi connectivity index (χ3v) is 2.72. The van der Waals surface area contributed by atoms with Crippen LogP contribution in [0.5, 0.6) is 0 Å². The molecule has 0 spiro atoms. The Bertz CT molecular complexity index is 210. The van der Waals surface area contributed by atoms with Crippen molar-refractivity contribution in [3.63, 3.8) is 0 Å². The zero-order chi connectivity index (χ0) is 11.9. The SMILES string of the molecule is C=CCCCCCCCCCCC=CC#N. The van der Waals surface area contributed by atoms with E-state index in [-0.39, 0.29) is 0 Å². The van der Waals surface area contributed by atoms with Gasteiger partial charge in [-0.2, -0.15) is 5.26 Å². The van der Waals surface area contributed by atoms with Crippen molar-refractivity contribution in [3.8, 4) is 6.07 Å². The summed E-state index contributed by atoms with van der Waals surface area (Å²) in [5, 5.41) is 8.28. The van der Waals surface area contributed by atoms with E-state index >= 15 is 0 Å². The first-order valence-corrected chi connectivity index (χ1v) is 6.57. The van der Waals surface area contributed by atoms with E-state index < -0.39 is 0 Å². The second kappa shape index (κ2) is 14.0. The molecule has 0 saturated heterocycles. The average Bonchev–Trinajstić information content (AvgIpc) is 2.31. The van der Waals surface area contributed by atoms with Crippen LogP contribution >= 0.6 is 0 Å². The van der Waals surface area contributed by atoms with Crippen molar-refractivity contribution in [1.29, 1.82) is 5.26 Å². The summed E-state index contributed by atoms with van der Waals surface area (Å²) in [6.07, 6.45) is 18.5. The fourth-order valence-electron chi connectivity index (χ4n) is 1.75. The second-order valence-electron chi connectivity index (χ2n) is 4.23. The molecule has 0 bridgehead atoms. The molecule has 0 amide bonds. The Morgan fingerprint density at radius 2 is 1.31 bits per heavy atom. The molecule has 0 aliphatic carbocycles. The number of nitriles is 1. The molecule has 0 atom stereocenters. The summed E-state index contributed by atoms with van der Waals surface area (Å²) in [4.78, 5) is 0. The van der Waals surface area contributed by atoms with Gasteiger partial charge in [0.25, 0.3) is 0 Å². The van der Waals surface area contributed by atoms with Crippen molar-refractivity contribution < 1.29 is 0 Å². The van der Waals surface area contributed by atoms with Crippen LogP contribution in [-0.4, -0.2) is 0 Å². The molecule has 0 heterocycles. The molecule has 0 radical (unpaired) electrons. The maximum Gasteiger partial charge on any atom is 0.0908 e. The topological polar surface area (TPSA) is 23.8 Å². The highest BCUT2D eigenvalue weighted by atomic mass is 14.2. The summed E-state index contributed by atoms with van der Waals surface area (Å²) in [5.74, 6) is 0. The summed E-state index contributed by atoms with van der Waals surface area (Å²) in [6.45, 7) is 3.72. The Morgan fingerprint density at radius 1 is 0.812 bits per heavy atom. The Kier molecular flexibility index (Phi) is 13.1. The van der Waals surface area contributed by atoms with E-state index in [4.69, 9.17) is 5.26 Å². The molecule has 90 valence electrons. The third-order valence-electron chi connectivity index (χ3n) is 2.72. The molecule has 0 N–H and O–H groups in total. The van der Waals surface area contributed by atoms with Crippen molar-refractivity contribution >= 4 is 0 Å². The minimum absolute atomic E-state index is 1.06. The lowest BCUT2D eigenvalue weighted by atomic mass is 10.1. The lowest BCUT2D eigenvalue weighted by Crippen LogP contribution is -1.80. The summed E-state index contributed by atoms with van der Waals surface area (Å²) in [7, 11) is 0. The molecule has 16 heavy (non-hydrogen) atoms. The van der Waals surface area contributed by atoms with Gasteiger partial charge in [-0.15, -0.1) is 6.58 Å². The molecule has 0 aromatic rings. The molecule has 0 aliphatic heterocycles. The zero-order valence-corrected chi connectivity index (χ0v) is 10.5. The summed E-state index contributed by atoms with van der Waals surface area (Å²) in [5.41, 5.74) is 0. The van der Waals surface area contributed by atoms with Gasteiger partial charge in [-0.1, -0.05) is 50.7 Å². The van der Waals surface area contributed by atoms with Crippen molar-refractivity contribution in [2.24, 2.45) is 0 Å². The highest BCUT2D eigenvalue weighted by Gasteiger charge is 1.91. The van der Waals surface area contributed by atoms with E-state index in [1.165, 1.54) is 57.8 Å². The smallest absolute Gasteiger partial charge is 0.0908 e. The van der Waals surface area contributed by atoms with Crippen LogP contribution in [-0.2, 0) is 0 Å². The summed E-state index contributed by atoms with van der Waals surface area (Å²) < 4.78 is 0. The number of hydrogen-bond acceptors (Lipinski definition) is 1. The average molecular weight is 219 g/mol. The largest absolute Gasteiger partial charge is 0.193 e. The summed E-state index contributed by atoms with van der Waals surface area (Å²) >= 11 is 0. The van der Waals surface area contributed by atoms with Crippen LogP contribution in [0.2, 0.25) is 0 Å². The molecule has 0 unspecified atom stereocenters. The Balaban J connectivity index is 2.96. The predicted octanol–water partition coefficient (Wildman–Crippen LogP) is 5.15. The van der Waals surface area contributed by atoms with Gasteiger partial charge in [0.2, 0.25) is 0 Å². The Hall–Kier alpha value is -1.03. The highest BCUT2D eigenvalue weighted by molar-refractivity contribution is 5.01. The second-order valence-corrected chi connectivity index (χ2v) is 4.23. The molecule has 0 aliphatic rings. The van der Waals surface area contributed by atoms with Gasteiger partial charge in [-0.25, -0.2) is 0 Å². The molecule has 1 heteroatoms. The number of hydrogen-bond donors (Lipinski definition) is 0. The van der Waals surface area contributed by atoms with Gasteiger partial charge in [-0.05, 0) is 25.7 Å². The number of allylic oxidation sites excluding steroid dienone is 3. The van der Waals surface area contributed by atoms with Gasteiger partial charge in [-0.3, -0.25) is 0 Å². The molecular weight excluding hydrogens is 194 g/mol. The van der Waals surface area contributed by atoms with E-state index in [9.17, 15) is 0 Å². The maximum absolute atomic E-state index is 8.28. The minimum Gasteiger partial charge on any atom is -0.193 e. The lowest BCUT2D eigenvalue weighted by Gasteiger charge is -2.00. The van der Waals surface area contributed by atoms with E-state index in [2.05, 4.69) is 6.58 Å². The third kappa shape index (κ3) is 13.0. The van der Waals surface area contributed by atoms with Gasteiger partial charge < -0.3 is 0 Å². The van der Waals surface area contributed by atoms with Crippen LogP contribution in [0, 0.1) is 11.3 Å². The van der Waals surface area contributed by atoms with Crippen molar-refractivity contribution in [3.05, 3.63) is 24.8 Å². The van der Waals surface area contributed by atoms with Crippen molar-refractivity contribution in [2.45, 2.75) is 64.2 Å². The van der Waals surface area contributed by atoms with E-state index in [0.717, 1.165) is 6.42 Å². The monoisotopic (exact) mass is 219 g/mol. The zero-order valence-electron chi connectivity index (χ0n) is 10.5. The van der Waals surface area contributed by atoms with Crippen LogP contribution in [0.4, 0.5) is 0 Å². The van der Waals surface area contributed by atoms with Gasteiger partial charge in [0, 0.05) is 6.08 Å². The predicted molar refractivity (Wildman–Crippen MR) is 71.1 cm³/mol. The molecule has 1 nitrogen and oxygen atoms in total. The fourth-order valence-corrected chi connectivity index (χ4v) is 1.75. The number of unbranched alkanes of at least 4 members (excludes halogenated alkanes) is 9. The van der Waals surface area contributed by atoms with Crippen LogP contribution < -0.4 is 0 Å². The molecule has 0 saturated carbocycles. The normalized spacial score (nSPS) is 10.4. The van der Waals surface area contributed by atoms with E-state index in [1.807, 2.05) is 18.2 Å². The summed E-state index contributed by atoms with van der Waals surface area (Å²) in [6, 6.07) is 2.02. The fraction of sp³-hybridized carbons (Fsp3) is 0.667. The standard InChI is InChI=1S/C15H25N/c1-2-3-4-5-6-7-8-9-10-11-12-13-14-15-16/h2,13-14H,1,3-12H2. The van der Waals surface area contributed by atoms with Crippen LogP contribution in [0.3, 0.4) is 0 Å². The highest BCUT2D eigenvalue weighted by Crippen LogP contribution is 2.10.